The molecule has 100 valence electrons. The fraction of sp³-hybridized carbons (Fsp3) is 0.250. The second kappa shape index (κ2) is 4.93. The molecule has 1 aliphatic carbocycles. The Hall–Kier alpha value is -2.41. The predicted octanol–water partition coefficient (Wildman–Crippen LogP) is 3.35. The molecule has 1 aromatic carbocycles. The Bertz CT molecular complexity index is 686. The summed E-state index contributed by atoms with van der Waals surface area (Å²) in [5.41, 5.74) is 3.64. The van der Waals surface area contributed by atoms with Gasteiger partial charge in [0.2, 0.25) is 0 Å². The van der Waals surface area contributed by atoms with Crippen molar-refractivity contribution in [1.82, 2.24) is 4.98 Å². The van der Waals surface area contributed by atoms with Gasteiger partial charge in [-0.15, -0.1) is 0 Å². The van der Waals surface area contributed by atoms with Gasteiger partial charge in [0.05, 0.1) is 5.56 Å². The molecule has 2 aromatic rings. The molecule has 3 rings (SSSR count). The summed E-state index contributed by atoms with van der Waals surface area (Å²) >= 11 is 0. The van der Waals surface area contributed by atoms with Crippen LogP contribution in [0.25, 0.3) is 0 Å². The van der Waals surface area contributed by atoms with E-state index in [0.29, 0.717) is 11.4 Å². The van der Waals surface area contributed by atoms with Gasteiger partial charge in [0, 0.05) is 18.4 Å². The van der Waals surface area contributed by atoms with Crippen LogP contribution < -0.4 is 4.90 Å². The highest BCUT2D eigenvalue weighted by atomic mass is 19.1. The number of benzene rings is 1. The quantitative estimate of drug-likeness (QED) is 0.837. The molecule has 0 atom stereocenters. The Labute approximate surface area is 117 Å². The zero-order chi connectivity index (χ0) is 14.1. The Morgan fingerprint density at radius 2 is 2.00 bits per heavy atom. The molecule has 0 saturated carbocycles. The Balaban J connectivity index is 2.05. The average molecular weight is 267 g/mol. The molecule has 0 bridgehead atoms. The van der Waals surface area contributed by atoms with Crippen molar-refractivity contribution >= 4 is 11.5 Å². The summed E-state index contributed by atoms with van der Waals surface area (Å²) in [6.45, 7) is 0. The second-order valence-corrected chi connectivity index (χ2v) is 4.97. The molecule has 0 N–H and O–H groups in total. The van der Waals surface area contributed by atoms with Crippen molar-refractivity contribution in [3.8, 4) is 6.07 Å². The van der Waals surface area contributed by atoms with Gasteiger partial charge in [-0.25, -0.2) is 9.37 Å². The van der Waals surface area contributed by atoms with Gasteiger partial charge in [-0.2, -0.15) is 5.26 Å². The molecule has 0 radical (unpaired) electrons. The Kier molecular flexibility index (Phi) is 3.11. The standard InChI is InChI=1S/C16H14FN3/c1-20(14-7-5-13(17)6-8-14)16-12(10-18)9-11-3-2-4-15(11)19-16/h5-9H,2-4H2,1H3. The van der Waals surface area contributed by atoms with Crippen LogP contribution in [0.15, 0.2) is 30.3 Å². The van der Waals surface area contributed by atoms with Crippen LogP contribution in [0.2, 0.25) is 0 Å². The van der Waals surface area contributed by atoms with Crippen molar-refractivity contribution < 1.29 is 4.39 Å². The third kappa shape index (κ3) is 2.12. The summed E-state index contributed by atoms with van der Waals surface area (Å²) in [6.07, 6.45) is 3.06. The highest BCUT2D eigenvalue weighted by Gasteiger charge is 2.19. The SMILES string of the molecule is CN(c1ccc(F)cc1)c1nc2c(cc1C#N)CCC2. The van der Waals surface area contributed by atoms with Crippen LogP contribution in [0.3, 0.4) is 0 Å². The first kappa shape index (κ1) is 12.6. The van der Waals surface area contributed by atoms with Gasteiger partial charge in [0.25, 0.3) is 0 Å². The van der Waals surface area contributed by atoms with Crippen molar-refractivity contribution in [2.75, 3.05) is 11.9 Å². The maximum absolute atomic E-state index is 13.0. The van der Waals surface area contributed by atoms with Crippen molar-refractivity contribution in [2.45, 2.75) is 19.3 Å². The molecule has 20 heavy (non-hydrogen) atoms. The molecular formula is C16H14FN3. The number of aromatic nitrogens is 1. The predicted molar refractivity (Wildman–Crippen MR) is 75.4 cm³/mol. The molecule has 1 aromatic heterocycles. The lowest BCUT2D eigenvalue weighted by Gasteiger charge is -2.20. The fourth-order valence-electron chi connectivity index (χ4n) is 2.59. The number of fused-ring (bicyclic) bond motifs is 1. The molecule has 0 spiro atoms. The van der Waals surface area contributed by atoms with Crippen molar-refractivity contribution in [3.05, 3.63) is 53.0 Å². The van der Waals surface area contributed by atoms with Crippen LogP contribution in [-0.4, -0.2) is 12.0 Å². The summed E-state index contributed by atoms with van der Waals surface area (Å²) in [4.78, 5) is 6.46. The molecule has 0 fully saturated rings. The second-order valence-electron chi connectivity index (χ2n) is 4.97. The summed E-state index contributed by atoms with van der Waals surface area (Å²) in [5, 5.41) is 9.31. The molecule has 3 nitrogen and oxygen atoms in total. The van der Waals surface area contributed by atoms with Crippen LogP contribution in [0.4, 0.5) is 15.9 Å². The number of nitriles is 1. The summed E-state index contributed by atoms with van der Waals surface area (Å²) in [6, 6.07) is 10.3. The van der Waals surface area contributed by atoms with E-state index in [2.05, 4.69) is 11.1 Å². The van der Waals surface area contributed by atoms with Crippen molar-refractivity contribution in [1.29, 1.82) is 5.26 Å². The van der Waals surface area contributed by atoms with Gasteiger partial charge in [-0.05, 0) is 55.2 Å². The van der Waals surface area contributed by atoms with E-state index in [-0.39, 0.29) is 5.82 Å². The topological polar surface area (TPSA) is 39.9 Å². The first-order valence-electron chi connectivity index (χ1n) is 6.61. The molecule has 0 unspecified atom stereocenters. The molecule has 0 saturated heterocycles. The highest BCUT2D eigenvalue weighted by molar-refractivity contribution is 5.66. The monoisotopic (exact) mass is 267 g/mol. The van der Waals surface area contributed by atoms with E-state index < -0.39 is 0 Å². The van der Waals surface area contributed by atoms with Crippen LogP contribution in [0.1, 0.15) is 23.2 Å². The fourth-order valence-corrected chi connectivity index (χ4v) is 2.59. The third-order valence-electron chi connectivity index (χ3n) is 3.68. The molecule has 1 aliphatic rings. The molecular weight excluding hydrogens is 253 g/mol. The van der Waals surface area contributed by atoms with Gasteiger partial charge >= 0.3 is 0 Å². The molecule has 1 heterocycles. The number of halogens is 1. The van der Waals surface area contributed by atoms with Gasteiger partial charge in [-0.3, -0.25) is 0 Å². The number of rotatable bonds is 2. The van der Waals surface area contributed by atoms with Crippen LogP contribution in [0, 0.1) is 17.1 Å². The van der Waals surface area contributed by atoms with Gasteiger partial charge in [0.15, 0.2) is 5.82 Å². The van der Waals surface area contributed by atoms with Gasteiger partial charge in [0.1, 0.15) is 11.9 Å². The average Bonchev–Trinajstić information content (AvgIpc) is 2.93. The van der Waals surface area contributed by atoms with Gasteiger partial charge < -0.3 is 4.90 Å². The van der Waals surface area contributed by atoms with Crippen LogP contribution in [-0.2, 0) is 12.8 Å². The largest absolute Gasteiger partial charge is 0.328 e. The molecule has 4 heteroatoms. The lowest BCUT2D eigenvalue weighted by molar-refractivity contribution is 0.628. The van der Waals surface area contributed by atoms with E-state index in [1.54, 1.807) is 12.1 Å². The molecule has 0 amide bonds. The summed E-state index contributed by atoms with van der Waals surface area (Å²) < 4.78 is 13.0. The smallest absolute Gasteiger partial charge is 0.151 e. The number of hydrogen-bond acceptors (Lipinski definition) is 3. The maximum atomic E-state index is 13.0. The van der Waals surface area contributed by atoms with Gasteiger partial charge in [-0.1, -0.05) is 0 Å². The van der Waals surface area contributed by atoms with E-state index >= 15 is 0 Å². The first-order chi connectivity index (χ1) is 9.69. The first-order valence-corrected chi connectivity index (χ1v) is 6.61. The minimum atomic E-state index is -0.274. The maximum Gasteiger partial charge on any atom is 0.151 e. The minimum Gasteiger partial charge on any atom is -0.328 e. The van der Waals surface area contributed by atoms with E-state index in [1.165, 1.54) is 17.7 Å². The summed E-state index contributed by atoms with van der Waals surface area (Å²) in [7, 11) is 1.84. The Morgan fingerprint density at radius 3 is 2.70 bits per heavy atom. The summed E-state index contributed by atoms with van der Waals surface area (Å²) in [5.74, 6) is 0.365. The van der Waals surface area contributed by atoms with E-state index in [4.69, 9.17) is 0 Å². The third-order valence-corrected chi connectivity index (χ3v) is 3.68. The number of anilines is 2. The van der Waals surface area contributed by atoms with Crippen molar-refractivity contribution in [2.24, 2.45) is 0 Å². The Morgan fingerprint density at radius 1 is 1.25 bits per heavy atom. The number of pyridine rings is 1. The number of nitrogens with zero attached hydrogens (tertiary/aromatic N) is 3. The van der Waals surface area contributed by atoms with E-state index in [1.807, 2.05) is 18.0 Å². The van der Waals surface area contributed by atoms with E-state index in [9.17, 15) is 9.65 Å². The minimum absolute atomic E-state index is 0.274. The van der Waals surface area contributed by atoms with Crippen LogP contribution >= 0.6 is 0 Å². The lowest BCUT2D eigenvalue weighted by atomic mass is 10.1. The zero-order valence-corrected chi connectivity index (χ0v) is 11.2. The van der Waals surface area contributed by atoms with Crippen molar-refractivity contribution in [3.63, 3.8) is 0 Å². The lowest BCUT2D eigenvalue weighted by Crippen LogP contribution is -2.14. The number of aryl methyl sites for hydroxylation is 2. The zero-order valence-electron chi connectivity index (χ0n) is 11.2. The highest BCUT2D eigenvalue weighted by Crippen LogP contribution is 2.30. The number of hydrogen-bond donors (Lipinski definition) is 0. The van der Waals surface area contributed by atoms with E-state index in [0.717, 1.165) is 30.6 Å². The normalized spacial score (nSPS) is 12.8. The van der Waals surface area contributed by atoms with Crippen LogP contribution in [0.5, 0.6) is 0 Å². The molecule has 0 aliphatic heterocycles.